The Kier molecular flexibility index (Phi) is 20.3. The number of aromatic hydroxyl groups is 1. The Labute approximate surface area is 409 Å². The largest absolute Gasteiger partial charge is 1.00 e. The SMILES string of the molecule is O=C(Nc1cccc(S(=O)(=O)CCOS(=O)(=O)[O-])c1)c1ccc(N=Nc2c(SOO[O-])cc3c(S(=O)(=O)[O-])c(Nc4nc(Cl)nc(Cl)n4)ccc3c2O)cc1.[Na+].[Na+].[Na+]. The molecule has 0 saturated carbocycles. The molecular formula is C28H18Cl2N7Na3O14S4. The molecule has 0 aliphatic heterocycles. The van der Waals surface area contributed by atoms with Crippen LogP contribution in [0, 0.1) is 0 Å². The van der Waals surface area contributed by atoms with Crippen LogP contribution in [0.3, 0.4) is 0 Å². The number of phenols is 1. The molecule has 0 unspecified atom stereocenters. The normalized spacial score (nSPS) is 11.7. The number of aromatic nitrogens is 3. The minimum absolute atomic E-state index is 0. The van der Waals surface area contributed by atoms with Gasteiger partial charge >= 0.3 is 88.7 Å². The van der Waals surface area contributed by atoms with Crippen LogP contribution < -0.4 is 105 Å². The fourth-order valence-electron chi connectivity index (χ4n) is 4.60. The minimum atomic E-state index is -5.32. The van der Waals surface area contributed by atoms with E-state index in [2.05, 4.69) is 49.4 Å². The van der Waals surface area contributed by atoms with Crippen LogP contribution in [0.5, 0.6) is 5.75 Å². The molecule has 1 heterocycles. The average Bonchev–Trinajstić information content (AvgIpc) is 3.09. The summed E-state index contributed by atoms with van der Waals surface area (Å²) in [4.78, 5) is 22.6. The smallest absolute Gasteiger partial charge is 0.744 e. The van der Waals surface area contributed by atoms with Gasteiger partial charge in [-0.05, 0) is 83.9 Å². The molecule has 0 fully saturated rings. The molecule has 5 rings (SSSR count). The van der Waals surface area contributed by atoms with Crippen molar-refractivity contribution in [3.63, 3.8) is 0 Å². The number of benzene rings is 4. The molecule has 1 aromatic heterocycles. The second kappa shape index (κ2) is 22.5. The maximum Gasteiger partial charge on any atom is 1.00 e. The first kappa shape index (κ1) is 52.5. The number of halogens is 2. The van der Waals surface area contributed by atoms with Gasteiger partial charge in [0.1, 0.15) is 15.8 Å². The standard InChI is InChI=1S/C28H21Cl2N7O14S4.3Na/c29-26-33-27(30)35-28(34-26)32-20-9-8-18-19(24(20)54(43,44)45)13-21(52-51-50-40)22(23(18)38)37-36-15-6-4-14(5-7-15)25(39)31-16-2-1-3-17(12-16)53(41,42)11-10-49-55(46,47)48;;;/h1-9,12-13,38,40H,10-11H2,(H,31,39)(H,43,44,45)(H,46,47,48)(H,32,33,34,35);;;/q;3*+1/p-3. The molecule has 30 heteroatoms. The van der Waals surface area contributed by atoms with Gasteiger partial charge in [0, 0.05) is 22.0 Å². The van der Waals surface area contributed by atoms with Crippen LogP contribution in [-0.2, 0) is 43.9 Å². The number of hydrogen-bond donors (Lipinski definition) is 3. The van der Waals surface area contributed by atoms with E-state index < -0.39 is 59.3 Å². The number of carbonyl (C=O) groups excluding carboxylic acids is 1. The summed E-state index contributed by atoms with van der Waals surface area (Å²) in [5.74, 6) is -2.54. The van der Waals surface area contributed by atoms with Gasteiger partial charge in [0.2, 0.25) is 26.9 Å². The number of sulfone groups is 1. The van der Waals surface area contributed by atoms with Crippen LogP contribution in [0.2, 0.25) is 10.6 Å². The summed E-state index contributed by atoms with van der Waals surface area (Å²) in [5, 5.41) is 37.0. The van der Waals surface area contributed by atoms with Crippen molar-refractivity contribution in [2.75, 3.05) is 23.0 Å². The summed E-state index contributed by atoms with van der Waals surface area (Å²) in [6.07, 6.45) is 0. The quantitative estimate of drug-likeness (QED) is 0.0168. The summed E-state index contributed by atoms with van der Waals surface area (Å²) < 4.78 is 103. The average molecular weight is 945 g/mol. The molecular weight excluding hydrogens is 926 g/mol. The number of rotatable bonds is 15. The number of phenolic OH excluding ortho intramolecular Hbond substituents is 1. The van der Waals surface area contributed by atoms with Gasteiger partial charge in [0.05, 0.1) is 50.5 Å². The maximum atomic E-state index is 12.9. The number of hydrogen-bond acceptors (Lipinski definition) is 21. The Bertz CT molecular complexity index is 2650. The zero-order valence-corrected chi connectivity index (χ0v) is 40.4. The summed E-state index contributed by atoms with van der Waals surface area (Å²) >= 11 is 11.8. The molecule has 0 saturated heterocycles. The van der Waals surface area contributed by atoms with E-state index in [1.807, 2.05) is 0 Å². The van der Waals surface area contributed by atoms with Crippen molar-refractivity contribution in [3.05, 3.63) is 82.9 Å². The van der Waals surface area contributed by atoms with Crippen molar-refractivity contribution in [3.8, 4) is 5.75 Å². The monoisotopic (exact) mass is 943 g/mol. The van der Waals surface area contributed by atoms with Gasteiger partial charge in [-0.15, -0.1) is 5.11 Å². The van der Waals surface area contributed by atoms with Gasteiger partial charge in [0.25, 0.3) is 5.91 Å². The number of anilines is 3. The van der Waals surface area contributed by atoms with E-state index in [4.69, 9.17) is 23.2 Å². The van der Waals surface area contributed by atoms with E-state index in [1.54, 1.807) is 0 Å². The van der Waals surface area contributed by atoms with E-state index in [0.717, 1.165) is 18.2 Å². The Morgan fingerprint density at radius 2 is 1.52 bits per heavy atom. The Hall–Kier alpha value is -1.64. The van der Waals surface area contributed by atoms with E-state index >= 15 is 0 Å². The summed E-state index contributed by atoms with van der Waals surface area (Å²) in [6, 6.07) is 13.7. The first-order chi connectivity index (χ1) is 25.8. The first-order valence-electron chi connectivity index (χ1n) is 14.4. The van der Waals surface area contributed by atoms with Crippen molar-refractivity contribution in [2.45, 2.75) is 14.7 Å². The molecule has 5 aromatic rings. The van der Waals surface area contributed by atoms with Crippen molar-refractivity contribution in [2.24, 2.45) is 10.2 Å². The molecule has 0 aliphatic carbocycles. The Morgan fingerprint density at radius 3 is 2.12 bits per heavy atom. The number of carbonyl (C=O) groups is 1. The Morgan fingerprint density at radius 1 is 0.862 bits per heavy atom. The third-order valence-corrected chi connectivity index (χ3v) is 10.9. The fraction of sp³-hybridized carbons (Fsp3) is 0.0714. The maximum absolute atomic E-state index is 12.9. The number of amides is 1. The van der Waals surface area contributed by atoms with Crippen LogP contribution in [0.15, 0.2) is 91.6 Å². The van der Waals surface area contributed by atoms with E-state index in [0.29, 0.717) is 0 Å². The van der Waals surface area contributed by atoms with Gasteiger partial charge in [0.15, 0.2) is 15.6 Å². The minimum Gasteiger partial charge on any atom is -0.744 e. The molecule has 290 valence electrons. The molecule has 0 atom stereocenters. The molecule has 0 bridgehead atoms. The zero-order valence-electron chi connectivity index (χ0n) is 29.6. The summed E-state index contributed by atoms with van der Waals surface area (Å²) in [7, 11) is -14.5. The van der Waals surface area contributed by atoms with E-state index in [1.165, 1.54) is 48.5 Å². The van der Waals surface area contributed by atoms with Crippen molar-refractivity contribution < 1.29 is 152 Å². The molecule has 3 N–H and O–H groups in total. The van der Waals surface area contributed by atoms with Crippen LogP contribution in [0.25, 0.3) is 10.8 Å². The number of fused-ring (bicyclic) bond motifs is 1. The fourth-order valence-corrected chi connectivity index (χ4v) is 7.79. The third kappa shape index (κ3) is 14.2. The van der Waals surface area contributed by atoms with Crippen LogP contribution in [0.1, 0.15) is 10.4 Å². The molecule has 4 aromatic carbocycles. The van der Waals surface area contributed by atoms with Gasteiger partial charge in [-0.1, -0.05) is 6.07 Å². The third-order valence-electron chi connectivity index (χ3n) is 6.84. The molecule has 0 aliphatic rings. The number of azo groups is 1. The van der Waals surface area contributed by atoms with Gasteiger partial charge < -0.3 is 30.1 Å². The van der Waals surface area contributed by atoms with Crippen molar-refractivity contribution >= 4 is 111 Å². The van der Waals surface area contributed by atoms with Gasteiger partial charge in [-0.3, -0.25) is 14.0 Å². The first-order valence-corrected chi connectivity index (χ1v) is 20.3. The molecule has 58 heavy (non-hydrogen) atoms. The van der Waals surface area contributed by atoms with Crippen LogP contribution >= 0.6 is 35.2 Å². The van der Waals surface area contributed by atoms with Gasteiger partial charge in [-0.2, -0.15) is 24.4 Å². The summed E-state index contributed by atoms with van der Waals surface area (Å²) in [6.45, 7) is -0.904. The predicted octanol–water partition coefficient (Wildman–Crippen LogP) is -5.15. The molecule has 0 spiro atoms. The second-order valence-corrected chi connectivity index (χ2v) is 16.3. The molecule has 21 nitrogen and oxygen atoms in total. The number of nitrogens with one attached hydrogen (secondary N) is 2. The van der Waals surface area contributed by atoms with Crippen LogP contribution in [-0.4, -0.2) is 72.7 Å². The molecule has 1 amide bonds. The van der Waals surface area contributed by atoms with E-state index in [9.17, 15) is 49.5 Å². The number of nitrogens with zero attached hydrogens (tertiary/aromatic N) is 5. The second-order valence-electron chi connectivity index (χ2n) is 10.4. The van der Waals surface area contributed by atoms with Crippen LogP contribution in [0.4, 0.5) is 28.7 Å². The van der Waals surface area contributed by atoms with Gasteiger partial charge in [-0.25, -0.2) is 25.3 Å². The van der Waals surface area contributed by atoms with E-state index in [-0.39, 0.29) is 166 Å². The predicted molar refractivity (Wildman–Crippen MR) is 187 cm³/mol. The Balaban J connectivity index is 0.00000387. The summed E-state index contributed by atoms with van der Waals surface area (Å²) in [5.41, 5.74) is -0.470. The topological polar surface area (TPSA) is 324 Å². The zero-order chi connectivity index (χ0) is 40.1. The van der Waals surface area contributed by atoms with Crippen molar-refractivity contribution in [1.82, 2.24) is 15.0 Å². The van der Waals surface area contributed by atoms with Crippen molar-refractivity contribution in [1.29, 1.82) is 0 Å². The molecule has 0 radical (unpaired) electrons.